The number of sulfonamides is 1. The van der Waals surface area contributed by atoms with Crippen LogP contribution < -0.4 is 4.72 Å². The van der Waals surface area contributed by atoms with Crippen molar-refractivity contribution in [3.63, 3.8) is 0 Å². The Hall–Kier alpha value is -0.660. The van der Waals surface area contributed by atoms with Gasteiger partial charge in [0.1, 0.15) is 0 Å². The van der Waals surface area contributed by atoms with Crippen molar-refractivity contribution >= 4 is 21.6 Å². The van der Waals surface area contributed by atoms with E-state index in [9.17, 15) is 8.42 Å². The average molecular weight is 308 g/mol. The number of alkyl halides is 1. The van der Waals surface area contributed by atoms with Crippen molar-refractivity contribution in [3.05, 3.63) is 29.8 Å². The van der Waals surface area contributed by atoms with Crippen LogP contribution in [0.25, 0.3) is 0 Å². The van der Waals surface area contributed by atoms with Gasteiger partial charge in [0.2, 0.25) is 10.0 Å². The molecule has 0 radical (unpaired) electrons. The quantitative estimate of drug-likeness (QED) is 0.737. The number of hydrogen-bond acceptors (Lipinski definition) is 4. The summed E-state index contributed by atoms with van der Waals surface area (Å²) in [5, 5.41) is 0. The molecule has 0 aliphatic carbocycles. The van der Waals surface area contributed by atoms with Gasteiger partial charge in [0, 0.05) is 26.6 Å². The third kappa shape index (κ3) is 5.08. The van der Waals surface area contributed by atoms with E-state index < -0.39 is 10.0 Å². The van der Waals surface area contributed by atoms with Gasteiger partial charge in [-0.05, 0) is 17.7 Å². The molecule has 0 aliphatic rings. The predicted molar refractivity (Wildman–Crippen MR) is 73.9 cm³/mol. The summed E-state index contributed by atoms with van der Waals surface area (Å²) in [4.78, 5) is 0.202. The van der Waals surface area contributed by atoms with E-state index in [0.717, 1.165) is 5.56 Å². The van der Waals surface area contributed by atoms with Gasteiger partial charge in [-0.1, -0.05) is 12.1 Å². The first-order valence-corrected chi connectivity index (χ1v) is 7.71. The molecule has 0 bridgehead atoms. The number of nitrogens with one attached hydrogen (secondary N) is 1. The number of rotatable bonds is 8. The van der Waals surface area contributed by atoms with Crippen LogP contribution in [0.15, 0.2) is 29.2 Å². The van der Waals surface area contributed by atoms with E-state index in [1.54, 1.807) is 12.1 Å². The van der Waals surface area contributed by atoms with Crippen molar-refractivity contribution in [2.24, 2.45) is 0 Å². The highest BCUT2D eigenvalue weighted by molar-refractivity contribution is 7.89. The van der Waals surface area contributed by atoms with Gasteiger partial charge < -0.3 is 9.47 Å². The molecular formula is C12H18ClNO4S. The second kappa shape index (κ2) is 7.81. The molecule has 5 nitrogen and oxygen atoms in total. The van der Waals surface area contributed by atoms with E-state index in [1.165, 1.54) is 26.4 Å². The summed E-state index contributed by atoms with van der Waals surface area (Å²) in [6.45, 7) is 0.480. The fourth-order valence-corrected chi connectivity index (χ4v) is 2.68. The molecule has 0 saturated carbocycles. The molecule has 19 heavy (non-hydrogen) atoms. The third-order valence-electron chi connectivity index (χ3n) is 2.57. The van der Waals surface area contributed by atoms with E-state index in [-0.39, 0.29) is 17.5 Å². The molecule has 0 aromatic heterocycles. The lowest BCUT2D eigenvalue weighted by Crippen LogP contribution is -2.35. The number of methoxy groups -OCH3 is 2. The monoisotopic (exact) mass is 307 g/mol. The summed E-state index contributed by atoms with van der Waals surface area (Å²) in [5.74, 6) is 0.355. The zero-order chi connectivity index (χ0) is 14.3. The Morgan fingerprint density at radius 2 is 1.89 bits per heavy atom. The highest BCUT2D eigenvalue weighted by atomic mass is 35.5. The van der Waals surface area contributed by atoms with Gasteiger partial charge in [-0.3, -0.25) is 0 Å². The molecule has 0 fully saturated rings. The second-order valence-corrected chi connectivity index (χ2v) is 5.98. The first-order chi connectivity index (χ1) is 9.03. The molecule has 0 saturated heterocycles. The van der Waals surface area contributed by atoms with E-state index in [4.69, 9.17) is 21.1 Å². The van der Waals surface area contributed by atoms with Crippen LogP contribution in [0.3, 0.4) is 0 Å². The van der Waals surface area contributed by atoms with Gasteiger partial charge in [0.15, 0.2) is 0 Å². The lowest BCUT2D eigenvalue weighted by Gasteiger charge is -2.15. The van der Waals surface area contributed by atoms with Gasteiger partial charge in [0.25, 0.3) is 0 Å². The SMILES string of the molecule is COCC(CNS(=O)(=O)c1ccc(CCl)cc1)OC. The standard InChI is InChI=1S/C12H18ClNO4S/c1-17-9-11(18-2)8-14-19(15,16)12-5-3-10(7-13)4-6-12/h3-6,11,14H,7-9H2,1-2H3. The Morgan fingerprint density at radius 3 is 2.37 bits per heavy atom. The minimum absolute atomic E-state index is 0.157. The average Bonchev–Trinajstić information content (AvgIpc) is 2.43. The first kappa shape index (κ1) is 16.4. The molecule has 0 spiro atoms. The first-order valence-electron chi connectivity index (χ1n) is 5.69. The third-order valence-corrected chi connectivity index (χ3v) is 4.32. The molecule has 1 unspecified atom stereocenters. The smallest absolute Gasteiger partial charge is 0.240 e. The second-order valence-electron chi connectivity index (χ2n) is 3.94. The summed E-state index contributed by atoms with van der Waals surface area (Å²) >= 11 is 5.65. The van der Waals surface area contributed by atoms with Gasteiger partial charge in [-0.15, -0.1) is 11.6 Å². The van der Waals surface area contributed by atoms with Gasteiger partial charge >= 0.3 is 0 Å². The molecule has 1 N–H and O–H groups in total. The zero-order valence-electron chi connectivity index (χ0n) is 10.9. The van der Waals surface area contributed by atoms with E-state index in [2.05, 4.69) is 4.72 Å². The van der Waals surface area contributed by atoms with Crippen molar-refractivity contribution in [2.45, 2.75) is 16.9 Å². The minimum atomic E-state index is -3.54. The molecule has 1 atom stereocenters. The molecule has 1 aromatic carbocycles. The van der Waals surface area contributed by atoms with Crippen molar-refractivity contribution < 1.29 is 17.9 Å². The van der Waals surface area contributed by atoms with Crippen LogP contribution in [0.4, 0.5) is 0 Å². The number of hydrogen-bond donors (Lipinski definition) is 1. The normalized spacial score (nSPS) is 13.4. The van der Waals surface area contributed by atoms with Crippen LogP contribution in [0, 0.1) is 0 Å². The summed E-state index contributed by atoms with van der Waals surface area (Å²) in [6, 6.07) is 6.42. The maximum Gasteiger partial charge on any atom is 0.240 e. The molecule has 0 aliphatic heterocycles. The summed E-state index contributed by atoms with van der Waals surface area (Å²) in [5.41, 5.74) is 0.870. The number of halogens is 1. The summed E-state index contributed by atoms with van der Waals surface area (Å²) in [7, 11) is -0.497. The van der Waals surface area contributed by atoms with Crippen molar-refractivity contribution in [1.82, 2.24) is 4.72 Å². The maximum absolute atomic E-state index is 12.0. The molecule has 1 rings (SSSR count). The van der Waals surface area contributed by atoms with Crippen LogP contribution in [0.1, 0.15) is 5.56 Å². The van der Waals surface area contributed by atoms with Crippen LogP contribution in [0.5, 0.6) is 0 Å². The minimum Gasteiger partial charge on any atom is -0.382 e. The Kier molecular flexibility index (Phi) is 6.74. The molecular weight excluding hydrogens is 290 g/mol. The van der Waals surface area contributed by atoms with Crippen molar-refractivity contribution in [2.75, 3.05) is 27.4 Å². The van der Waals surface area contributed by atoms with Gasteiger partial charge in [0.05, 0.1) is 17.6 Å². The fourth-order valence-electron chi connectivity index (χ4n) is 1.44. The Morgan fingerprint density at radius 1 is 1.26 bits per heavy atom. The molecule has 7 heteroatoms. The summed E-state index contributed by atoms with van der Waals surface area (Å²) in [6.07, 6.45) is -0.318. The largest absolute Gasteiger partial charge is 0.382 e. The molecule has 1 aromatic rings. The van der Waals surface area contributed by atoms with Crippen LogP contribution in [-0.4, -0.2) is 41.9 Å². The maximum atomic E-state index is 12.0. The predicted octanol–water partition coefficient (Wildman–Crippen LogP) is 1.37. The highest BCUT2D eigenvalue weighted by Crippen LogP contribution is 2.12. The van der Waals surface area contributed by atoms with Gasteiger partial charge in [-0.2, -0.15) is 0 Å². The van der Waals surface area contributed by atoms with Crippen LogP contribution in [0.2, 0.25) is 0 Å². The van der Waals surface area contributed by atoms with E-state index in [0.29, 0.717) is 12.5 Å². The fraction of sp³-hybridized carbons (Fsp3) is 0.500. The van der Waals surface area contributed by atoms with Crippen molar-refractivity contribution in [3.8, 4) is 0 Å². The van der Waals surface area contributed by atoms with Gasteiger partial charge in [-0.25, -0.2) is 13.1 Å². The van der Waals surface area contributed by atoms with Crippen LogP contribution >= 0.6 is 11.6 Å². The van der Waals surface area contributed by atoms with Crippen molar-refractivity contribution in [1.29, 1.82) is 0 Å². The zero-order valence-corrected chi connectivity index (χ0v) is 12.5. The Balaban J connectivity index is 2.69. The molecule has 108 valence electrons. The molecule has 0 amide bonds. The van der Waals surface area contributed by atoms with Crippen LogP contribution in [-0.2, 0) is 25.4 Å². The Labute approximate surface area is 118 Å². The molecule has 0 heterocycles. The van der Waals surface area contributed by atoms with E-state index in [1.807, 2.05) is 0 Å². The van der Waals surface area contributed by atoms with E-state index >= 15 is 0 Å². The Bertz CT molecular complexity index is 475. The summed E-state index contributed by atoms with van der Waals surface area (Å²) < 4.78 is 36.5. The lowest BCUT2D eigenvalue weighted by atomic mass is 10.2. The number of ether oxygens (including phenoxy) is 2. The lowest BCUT2D eigenvalue weighted by molar-refractivity contribution is 0.0320. The highest BCUT2D eigenvalue weighted by Gasteiger charge is 2.16. The number of benzene rings is 1. The topological polar surface area (TPSA) is 64.6 Å².